The second-order valence-corrected chi connectivity index (χ2v) is 2.61. The van der Waals surface area contributed by atoms with Crippen molar-refractivity contribution in [1.82, 2.24) is 0 Å². The Balaban J connectivity index is -0.000000124. The molecule has 0 rings (SSSR count). The van der Waals surface area contributed by atoms with Crippen LogP contribution in [-0.4, -0.2) is 19.2 Å². The Bertz CT molecular complexity index is 481. The summed E-state index contributed by atoms with van der Waals surface area (Å²) in [6.07, 6.45) is -14.7. The summed E-state index contributed by atoms with van der Waals surface area (Å²) in [5, 5.41) is 2.60. The molecular weight excluding hydrogens is 417 g/mol. The van der Waals surface area contributed by atoms with Gasteiger partial charge in [-0.3, -0.25) is 0 Å². The van der Waals surface area contributed by atoms with Crippen LogP contribution in [0.1, 0.15) is 0 Å². The molecule has 0 bridgehead atoms. The molecule has 0 spiro atoms. The third-order valence-corrected chi connectivity index (χ3v) is 0.750. The van der Waals surface area contributed by atoms with E-state index in [0.717, 1.165) is 0 Å². The van der Waals surface area contributed by atoms with Crippen molar-refractivity contribution in [3.05, 3.63) is 45.3 Å². The van der Waals surface area contributed by atoms with Crippen molar-refractivity contribution in [2.75, 3.05) is 6.67 Å². The van der Waals surface area contributed by atoms with Crippen LogP contribution in [0.2, 0.25) is 0 Å². The zero-order valence-electron chi connectivity index (χ0n) is 11.3. The molecule has 0 aliphatic heterocycles. The Morgan fingerprint density at radius 2 is 0.962 bits per heavy atom. The lowest BCUT2D eigenvalue weighted by Crippen LogP contribution is -2.08. The van der Waals surface area contributed by atoms with Gasteiger partial charge in [-0.15, -0.1) is 9.81 Å². The number of halogens is 13. The number of alkyl halides is 7. The predicted octanol–water partition coefficient (Wildman–Crippen LogP) is 6.52. The molecule has 0 amide bonds. The minimum atomic E-state index is -4.67. The maximum absolute atomic E-state index is 10.9. The maximum atomic E-state index is 10.9. The fourth-order valence-corrected chi connectivity index (χ4v) is 0.0690. The van der Waals surface area contributed by atoms with Gasteiger partial charge in [0.05, 0.1) is 0 Å². The number of nitroso groups, excluding NO2 is 2. The second kappa shape index (κ2) is 15.8. The van der Waals surface area contributed by atoms with Crippen LogP contribution in [0.5, 0.6) is 0 Å². The molecule has 0 aromatic carbocycles. The summed E-state index contributed by atoms with van der Waals surface area (Å²) in [6.45, 7) is 3.12. The Morgan fingerprint density at radius 1 is 0.769 bits per heavy atom. The first-order chi connectivity index (χ1) is 11.5. The van der Waals surface area contributed by atoms with Gasteiger partial charge in [0.1, 0.15) is 0 Å². The molecule has 0 N–H and O–H groups in total. The fourth-order valence-electron chi connectivity index (χ4n) is 0.0690. The first-order valence-corrected chi connectivity index (χ1v) is 4.65. The van der Waals surface area contributed by atoms with E-state index in [-0.39, 0.29) is 0 Å². The van der Waals surface area contributed by atoms with E-state index in [0.29, 0.717) is 0 Å². The van der Waals surface area contributed by atoms with E-state index in [1.165, 1.54) is 15.2 Å². The average molecular weight is 419 g/mol. The van der Waals surface area contributed by atoms with Gasteiger partial charge < -0.3 is 0 Å². The van der Waals surface area contributed by atoms with Crippen LogP contribution in [0.25, 0.3) is 4.85 Å². The average Bonchev–Trinajstić information content (AvgIpc) is 2.53. The van der Waals surface area contributed by atoms with E-state index in [1.54, 1.807) is 0 Å². The van der Waals surface area contributed by atoms with Crippen LogP contribution >= 0.6 is 0 Å². The fraction of sp³-hybridized carbons (Fsp3) is 0.375. The van der Waals surface area contributed by atoms with Crippen LogP contribution in [0, 0.1) is 16.4 Å². The summed E-state index contributed by atoms with van der Waals surface area (Å²) in [5.41, 5.74) is 0. The molecule has 0 saturated heterocycles. The lowest BCUT2D eigenvalue weighted by atomic mass is 10.8. The lowest BCUT2D eigenvalue weighted by Gasteiger charge is -1.93. The molecule has 0 aliphatic rings. The normalized spacial score (nSPS) is 9.38. The van der Waals surface area contributed by atoms with Crippen molar-refractivity contribution in [1.29, 1.82) is 0 Å². The molecule has 0 heterocycles. The van der Waals surface area contributed by atoms with E-state index in [2.05, 4.69) is 0 Å². The standard InChI is InChI=1S/C2H2F4.2C2F3NO.C2F3N/c3-1-2(4,5)6;2*3-1(4)2(5)6-7;1-6-2(3,4)5/h1H2;;;. The highest BCUT2D eigenvalue weighted by Gasteiger charge is 2.35. The van der Waals surface area contributed by atoms with Crippen LogP contribution in [-0.2, 0) is 0 Å². The van der Waals surface area contributed by atoms with Gasteiger partial charge in [-0.25, -0.2) is 15.8 Å². The van der Waals surface area contributed by atoms with E-state index in [4.69, 9.17) is 16.4 Å². The summed E-state index contributed by atoms with van der Waals surface area (Å²) >= 11 is 0. The Kier molecular flexibility index (Phi) is 18.8. The molecule has 0 unspecified atom stereocenters. The minimum absolute atomic E-state index is 1.27. The number of hydrogen-bond acceptors (Lipinski definition) is 4. The molecule has 0 fully saturated rings. The summed E-state index contributed by atoms with van der Waals surface area (Å²) < 4.78 is 137. The van der Waals surface area contributed by atoms with Gasteiger partial charge in [0.15, 0.2) is 6.67 Å². The highest BCUT2D eigenvalue weighted by Crippen LogP contribution is 2.14. The molecule has 26 heavy (non-hydrogen) atoms. The quantitative estimate of drug-likeness (QED) is 0.221. The molecule has 0 aromatic rings. The van der Waals surface area contributed by atoms with Crippen LogP contribution in [0.3, 0.4) is 0 Å². The zero-order valence-corrected chi connectivity index (χ0v) is 11.3. The molecular formula is C8H2F13N3O2. The van der Waals surface area contributed by atoms with Gasteiger partial charge in [0, 0.05) is 10.4 Å². The molecule has 152 valence electrons. The molecule has 18 heteroatoms. The van der Waals surface area contributed by atoms with E-state index in [9.17, 15) is 57.1 Å². The van der Waals surface area contributed by atoms with Crippen LogP contribution < -0.4 is 0 Å². The van der Waals surface area contributed by atoms with Gasteiger partial charge in [-0.1, -0.05) is 13.2 Å². The van der Waals surface area contributed by atoms with Crippen molar-refractivity contribution >= 4 is 0 Å². The van der Waals surface area contributed by atoms with E-state index in [1.807, 2.05) is 0 Å². The molecule has 5 nitrogen and oxygen atoms in total. The molecule has 0 saturated carbocycles. The van der Waals surface area contributed by atoms with Crippen LogP contribution in [0.4, 0.5) is 57.1 Å². The van der Waals surface area contributed by atoms with E-state index < -0.39 is 43.2 Å². The smallest absolute Gasteiger partial charge is 0.241 e. The van der Waals surface area contributed by atoms with Crippen molar-refractivity contribution < 1.29 is 57.1 Å². The maximum Gasteiger partial charge on any atom is 0.711 e. The van der Waals surface area contributed by atoms with Crippen molar-refractivity contribution in [2.45, 2.75) is 12.5 Å². The summed E-state index contributed by atoms with van der Waals surface area (Å²) in [4.78, 5) is 18.8. The summed E-state index contributed by atoms with van der Waals surface area (Å²) in [7, 11) is 0. The first kappa shape index (κ1) is 31.1. The summed E-state index contributed by atoms with van der Waals surface area (Å²) in [6, 6.07) is 0. The zero-order chi connectivity index (χ0) is 22.1. The Labute approximate surface area is 133 Å². The molecule has 0 atom stereocenters. The SMILES string of the molecule is FCC(F)(F)F.O=NC(F)=C(F)F.O=NC(F)=C(F)F.[C-]#[N+]C(F)(F)F. The predicted molar refractivity (Wildman–Crippen MR) is 57.0 cm³/mol. The van der Waals surface area contributed by atoms with Gasteiger partial charge >= 0.3 is 36.5 Å². The molecule has 0 radical (unpaired) electrons. The molecule has 0 aliphatic carbocycles. The summed E-state index contributed by atoms with van der Waals surface area (Å²) in [5.74, 6) is -4.50. The topological polar surface area (TPSA) is 63.2 Å². The van der Waals surface area contributed by atoms with Crippen LogP contribution in [0.15, 0.2) is 34.4 Å². The largest absolute Gasteiger partial charge is 0.711 e. The Morgan fingerprint density at radius 3 is 0.962 bits per heavy atom. The highest BCUT2D eigenvalue weighted by atomic mass is 19.4. The monoisotopic (exact) mass is 419 g/mol. The number of hydrogen-bond donors (Lipinski definition) is 0. The van der Waals surface area contributed by atoms with Gasteiger partial charge in [-0.05, 0) is 0 Å². The highest BCUT2D eigenvalue weighted by molar-refractivity contribution is 4.87. The number of nitrogens with zero attached hydrogens (tertiary/aromatic N) is 3. The lowest BCUT2D eigenvalue weighted by molar-refractivity contribution is -0.142. The van der Waals surface area contributed by atoms with Crippen molar-refractivity contribution in [3.63, 3.8) is 0 Å². The van der Waals surface area contributed by atoms with Gasteiger partial charge in [0.2, 0.25) is 0 Å². The van der Waals surface area contributed by atoms with Crippen molar-refractivity contribution in [2.24, 2.45) is 10.4 Å². The van der Waals surface area contributed by atoms with E-state index >= 15 is 0 Å². The van der Waals surface area contributed by atoms with Gasteiger partial charge in [0.25, 0.3) is 0 Å². The third-order valence-electron chi connectivity index (χ3n) is 0.750. The van der Waals surface area contributed by atoms with Crippen molar-refractivity contribution in [3.8, 4) is 0 Å². The third kappa shape index (κ3) is 37.5. The molecule has 0 aromatic heterocycles. The second-order valence-electron chi connectivity index (χ2n) is 2.61. The minimum Gasteiger partial charge on any atom is -0.241 e. The number of rotatable bonds is 2. The first-order valence-electron chi connectivity index (χ1n) is 4.65. The Hall–Kier alpha value is -2.74. The van der Waals surface area contributed by atoms with Gasteiger partial charge in [-0.2, -0.15) is 39.5 Å².